The lowest BCUT2D eigenvalue weighted by Crippen LogP contribution is -2.14. The second-order valence-electron chi connectivity index (χ2n) is 7.81. The van der Waals surface area contributed by atoms with Gasteiger partial charge in [0, 0.05) is 17.1 Å². The maximum Gasteiger partial charge on any atom is 0.416 e. The van der Waals surface area contributed by atoms with Crippen molar-refractivity contribution in [3.05, 3.63) is 47.3 Å². The largest absolute Gasteiger partial charge is 0.462 e. The number of alkyl halides is 4. The maximum atomic E-state index is 13.2. The zero-order valence-electron chi connectivity index (χ0n) is 17.9. The lowest BCUT2D eigenvalue weighted by atomic mass is 10.0. The van der Waals surface area contributed by atoms with Crippen LogP contribution in [0.5, 0.6) is 5.75 Å². The molecule has 0 amide bonds. The summed E-state index contributed by atoms with van der Waals surface area (Å²) in [5.41, 5.74) is 5.55. The first-order valence-corrected chi connectivity index (χ1v) is 12.2. The molecule has 1 heterocycles. The highest BCUT2D eigenvalue weighted by molar-refractivity contribution is 7.70. The number of nitrogen functional groups attached to an aromatic ring is 1. The number of nitrogens with two attached hydrogens (primary N) is 1. The number of hydrogen-bond acceptors (Lipinski definition) is 6. The Morgan fingerprint density at radius 3 is 2.44 bits per heavy atom. The van der Waals surface area contributed by atoms with Crippen LogP contribution in [0.4, 0.5) is 29.1 Å². The van der Waals surface area contributed by atoms with Gasteiger partial charge in [-0.3, -0.25) is 0 Å². The van der Waals surface area contributed by atoms with Crippen molar-refractivity contribution in [2.45, 2.75) is 26.1 Å². The van der Waals surface area contributed by atoms with E-state index >= 15 is 0 Å². The molecule has 0 aliphatic rings. The van der Waals surface area contributed by atoms with Gasteiger partial charge in [-0.2, -0.15) is 13.2 Å². The molecule has 11 heteroatoms. The molecule has 0 unspecified atom stereocenters. The number of aromatic nitrogens is 2. The number of halogens is 4. The van der Waals surface area contributed by atoms with E-state index in [9.17, 15) is 22.1 Å². The second kappa shape index (κ2) is 8.58. The minimum absolute atomic E-state index is 0.0135. The van der Waals surface area contributed by atoms with Gasteiger partial charge in [0.2, 0.25) is 6.86 Å². The van der Waals surface area contributed by atoms with Crippen LogP contribution in [0.2, 0.25) is 0 Å². The molecule has 1 aromatic heterocycles. The maximum absolute atomic E-state index is 13.2. The molecule has 3 aromatic rings. The number of rotatable bonds is 6. The van der Waals surface area contributed by atoms with Gasteiger partial charge in [-0.1, -0.05) is 0 Å². The van der Waals surface area contributed by atoms with Gasteiger partial charge in [0.1, 0.15) is 24.5 Å². The molecule has 2 aromatic carbocycles. The molecule has 172 valence electrons. The smallest absolute Gasteiger partial charge is 0.416 e. The van der Waals surface area contributed by atoms with E-state index in [0.29, 0.717) is 33.4 Å². The van der Waals surface area contributed by atoms with Crippen molar-refractivity contribution in [1.29, 1.82) is 0 Å². The Morgan fingerprint density at radius 2 is 1.84 bits per heavy atom. The van der Waals surface area contributed by atoms with Crippen LogP contribution in [0, 0.1) is 6.92 Å². The third-order valence-corrected chi connectivity index (χ3v) is 6.35. The summed E-state index contributed by atoms with van der Waals surface area (Å²) in [6.07, 6.45) is -4.53. The highest BCUT2D eigenvalue weighted by Gasteiger charge is 2.31. The van der Waals surface area contributed by atoms with E-state index in [4.69, 9.17) is 10.5 Å². The van der Waals surface area contributed by atoms with Gasteiger partial charge in [0.05, 0.1) is 22.4 Å². The standard InChI is InChI=1S/C21H23F4N4O2P/c1-11(13-5-14(21(23,24)25)7-15(26)6-13)27-20-16-8-19(32(3,4)30)18(31-10-22)9-17(16)28-12(2)29-20/h5-9,11H,10,26H2,1-4H3,(H,27,28,29)/t11-/m1/s1. The molecule has 1 atom stereocenters. The highest BCUT2D eigenvalue weighted by atomic mass is 31.2. The van der Waals surface area contributed by atoms with Gasteiger partial charge < -0.3 is 20.4 Å². The van der Waals surface area contributed by atoms with Crippen LogP contribution in [0.25, 0.3) is 10.9 Å². The SMILES string of the molecule is Cc1nc(N[C@H](C)c2cc(N)cc(C(F)(F)F)c2)c2cc(P(C)(C)=O)c(OCF)cc2n1. The number of anilines is 2. The van der Waals surface area contributed by atoms with Gasteiger partial charge in [-0.15, -0.1) is 0 Å². The van der Waals surface area contributed by atoms with Gasteiger partial charge in [-0.05, 0) is 57.0 Å². The topological polar surface area (TPSA) is 90.1 Å². The normalized spacial score (nSPS) is 13.2. The fourth-order valence-electron chi connectivity index (χ4n) is 3.35. The Hall–Kier alpha value is -2.87. The number of aryl methyl sites for hydroxylation is 1. The van der Waals surface area contributed by atoms with Crippen LogP contribution in [0.1, 0.15) is 29.9 Å². The summed E-state index contributed by atoms with van der Waals surface area (Å²) in [6, 6.07) is 5.80. The van der Waals surface area contributed by atoms with Crippen LogP contribution in [-0.4, -0.2) is 30.2 Å². The lowest BCUT2D eigenvalue weighted by molar-refractivity contribution is -0.137. The Morgan fingerprint density at radius 1 is 1.16 bits per heavy atom. The molecule has 32 heavy (non-hydrogen) atoms. The van der Waals surface area contributed by atoms with Crippen molar-refractivity contribution in [2.24, 2.45) is 0 Å². The summed E-state index contributed by atoms with van der Waals surface area (Å²) in [7, 11) is -2.86. The van der Waals surface area contributed by atoms with Crippen molar-refractivity contribution in [3.63, 3.8) is 0 Å². The monoisotopic (exact) mass is 470 g/mol. The summed E-state index contributed by atoms with van der Waals surface area (Å²) in [4.78, 5) is 8.71. The van der Waals surface area contributed by atoms with Gasteiger partial charge in [-0.25, -0.2) is 14.4 Å². The molecule has 0 aliphatic carbocycles. The molecule has 6 nitrogen and oxygen atoms in total. The van der Waals surface area contributed by atoms with E-state index < -0.39 is 31.8 Å². The quantitative estimate of drug-likeness (QED) is 0.290. The molecule has 0 bridgehead atoms. The minimum Gasteiger partial charge on any atom is -0.462 e. The average Bonchev–Trinajstić information content (AvgIpc) is 2.65. The number of hydrogen-bond donors (Lipinski definition) is 2. The number of ether oxygens (including phenoxy) is 1. The van der Waals surface area contributed by atoms with Crippen molar-refractivity contribution in [2.75, 3.05) is 31.2 Å². The molecular weight excluding hydrogens is 447 g/mol. The highest BCUT2D eigenvalue weighted by Crippen LogP contribution is 2.41. The number of fused-ring (bicyclic) bond motifs is 1. The van der Waals surface area contributed by atoms with E-state index in [-0.39, 0.29) is 11.4 Å². The summed E-state index contributed by atoms with van der Waals surface area (Å²) in [6.45, 7) is 5.27. The van der Waals surface area contributed by atoms with Crippen LogP contribution in [0.3, 0.4) is 0 Å². The molecule has 3 rings (SSSR count). The molecule has 0 saturated heterocycles. The van der Waals surface area contributed by atoms with Crippen LogP contribution in [-0.2, 0) is 10.7 Å². The van der Waals surface area contributed by atoms with E-state index in [1.807, 2.05) is 0 Å². The molecule has 3 N–H and O–H groups in total. The van der Waals surface area contributed by atoms with E-state index in [2.05, 4.69) is 15.3 Å². The van der Waals surface area contributed by atoms with Crippen LogP contribution >= 0.6 is 7.14 Å². The fraction of sp³-hybridized carbons (Fsp3) is 0.333. The first-order valence-electron chi connectivity index (χ1n) is 9.60. The van der Waals surface area contributed by atoms with Crippen molar-refractivity contribution >= 4 is 34.9 Å². The summed E-state index contributed by atoms with van der Waals surface area (Å²) < 4.78 is 70.2. The Kier molecular flexibility index (Phi) is 6.38. The Bertz CT molecular complexity index is 1210. The summed E-state index contributed by atoms with van der Waals surface area (Å²) in [5.74, 6) is 0.833. The zero-order valence-corrected chi connectivity index (χ0v) is 18.8. The molecule has 0 spiro atoms. The molecule has 0 fully saturated rings. The number of nitrogens with zero attached hydrogens (tertiary/aromatic N) is 2. The van der Waals surface area contributed by atoms with Gasteiger partial charge in [0.15, 0.2) is 0 Å². The summed E-state index contributed by atoms with van der Waals surface area (Å²) in [5, 5.41) is 3.89. The third kappa shape index (κ3) is 5.12. The molecule has 0 aliphatic heterocycles. The van der Waals surface area contributed by atoms with Crippen molar-refractivity contribution in [3.8, 4) is 5.75 Å². The Balaban J connectivity index is 2.11. The molecule has 0 saturated carbocycles. The predicted octanol–water partition coefficient (Wildman–Crippen LogP) is 5.27. The Labute approximate surface area is 182 Å². The van der Waals surface area contributed by atoms with Crippen molar-refractivity contribution < 1.29 is 26.9 Å². The van der Waals surface area contributed by atoms with Crippen LogP contribution < -0.4 is 21.1 Å². The van der Waals surface area contributed by atoms with Gasteiger partial charge in [0.25, 0.3) is 0 Å². The first-order chi connectivity index (χ1) is 14.8. The zero-order chi connectivity index (χ0) is 23.8. The van der Waals surface area contributed by atoms with Crippen LogP contribution in [0.15, 0.2) is 30.3 Å². The van der Waals surface area contributed by atoms with E-state index in [0.717, 1.165) is 12.1 Å². The van der Waals surface area contributed by atoms with Gasteiger partial charge >= 0.3 is 6.18 Å². The molecular formula is C21H23F4N4O2P. The minimum atomic E-state index is -4.53. The number of nitrogens with one attached hydrogen (secondary N) is 1. The average molecular weight is 470 g/mol. The molecule has 0 radical (unpaired) electrons. The van der Waals surface area contributed by atoms with E-state index in [1.54, 1.807) is 19.9 Å². The van der Waals surface area contributed by atoms with Crippen molar-refractivity contribution in [1.82, 2.24) is 9.97 Å². The fourth-order valence-corrected chi connectivity index (χ4v) is 4.44. The third-order valence-electron chi connectivity index (χ3n) is 4.84. The second-order valence-corrected chi connectivity index (χ2v) is 11.0. The lowest BCUT2D eigenvalue weighted by Gasteiger charge is -2.20. The predicted molar refractivity (Wildman–Crippen MR) is 118 cm³/mol. The number of benzene rings is 2. The summed E-state index contributed by atoms with van der Waals surface area (Å²) >= 11 is 0. The van der Waals surface area contributed by atoms with E-state index in [1.165, 1.54) is 25.5 Å². The first kappa shape index (κ1) is 23.8.